The Labute approximate surface area is 154 Å². The number of carbonyl (C=O) groups is 1. The van der Waals surface area contributed by atoms with Gasteiger partial charge in [0.1, 0.15) is 0 Å². The first kappa shape index (κ1) is 19.1. The standard InChI is InChI=1S/C20H24ClNO3/c1-3-17(25-19-13-7-6-12-18(19)24-2)20(23)22-14-8-10-15-9-4-5-11-16(15)21/h4-7,9,11-13,17H,3,8,10,14H2,1-2H3,(H,22,23)/t17-/m1/s1. The maximum atomic E-state index is 12.4. The number of hydrogen-bond acceptors (Lipinski definition) is 3. The number of benzene rings is 2. The Hall–Kier alpha value is -2.20. The van der Waals surface area contributed by atoms with E-state index in [1.54, 1.807) is 13.2 Å². The normalized spacial score (nSPS) is 11.6. The van der Waals surface area contributed by atoms with Crippen LogP contribution in [0.1, 0.15) is 25.3 Å². The molecule has 0 fully saturated rings. The van der Waals surface area contributed by atoms with Crippen LogP contribution in [0.4, 0.5) is 0 Å². The van der Waals surface area contributed by atoms with Gasteiger partial charge in [-0.05, 0) is 43.0 Å². The second-order valence-electron chi connectivity index (χ2n) is 5.65. The van der Waals surface area contributed by atoms with Crippen LogP contribution in [0.25, 0.3) is 0 Å². The lowest BCUT2D eigenvalue weighted by atomic mass is 10.1. The largest absolute Gasteiger partial charge is 0.493 e. The quantitative estimate of drug-likeness (QED) is 0.679. The summed E-state index contributed by atoms with van der Waals surface area (Å²) in [6, 6.07) is 15.1. The van der Waals surface area contributed by atoms with E-state index in [0.717, 1.165) is 23.4 Å². The zero-order chi connectivity index (χ0) is 18.1. The summed E-state index contributed by atoms with van der Waals surface area (Å²) in [6.45, 7) is 2.50. The van der Waals surface area contributed by atoms with Crippen molar-refractivity contribution >= 4 is 17.5 Å². The van der Waals surface area contributed by atoms with Gasteiger partial charge in [-0.2, -0.15) is 0 Å². The SMILES string of the molecule is CC[C@@H](Oc1ccccc1OC)C(=O)NCCCc1ccccc1Cl. The fourth-order valence-corrected chi connectivity index (χ4v) is 2.73. The van der Waals surface area contributed by atoms with E-state index in [-0.39, 0.29) is 5.91 Å². The van der Waals surface area contributed by atoms with Crippen LogP contribution in [0.2, 0.25) is 5.02 Å². The number of carbonyl (C=O) groups excluding carboxylic acids is 1. The maximum Gasteiger partial charge on any atom is 0.261 e. The smallest absolute Gasteiger partial charge is 0.261 e. The molecule has 0 aromatic heterocycles. The molecule has 0 aliphatic heterocycles. The lowest BCUT2D eigenvalue weighted by Crippen LogP contribution is -2.38. The molecule has 5 heteroatoms. The zero-order valence-corrected chi connectivity index (χ0v) is 15.4. The van der Waals surface area contributed by atoms with Crippen molar-refractivity contribution in [2.45, 2.75) is 32.3 Å². The zero-order valence-electron chi connectivity index (χ0n) is 14.6. The Kier molecular flexibility index (Phi) is 7.61. The predicted octanol–water partition coefficient (Wildman–Crippen LogP) is 4.26. The van der Waals surface area contributed by atoms with Gasteiger partial charge in [-0.3, -0.25) is 4.79 Å². The van der Waals surface area contributed by atoms with Crippen LogP contribution < -0.4 is 14.8 Å². The average Bonchev–Trinajstić information content (AvgIpc) is 2.64. The number of hydrogen-bond donors (Lipinski definition) is 1. The van der Waals surface area contributed by atoms with Crippen LogP contribution in [0.3, 0.4) is 0 Å². The van der Waals surface area contributed by atoms with E-state index in [9.17, 15) is 4.79 Å². The number of methoxy groups -OCH3 is 1. The predicted molar refractivity (Wildman–Crippen MR) is 100 cm³/mol. The summed E-state index contributed by atoms with van der Waals surface area (Å²) in [5, 5.41) is 3.70. The molecule has 134 valence electrons. The van der Waals surface area contributed by atoms with Gasteiger partial charge in [-0.15, -0.1) is 0 Å². The van der Waals surface area contributed by atoms with Crippen molar-refractivity contribution in [3.05, 3.63) is 59.1 Å². The molecule has 25 heavy (non-hydrogen) atoms. The minimum absolute atomic E-state index is 0.118. The molecule has 2 rings (SSSR count). The summed E-state index contributed by atoms with van der Waals surface area (Å²) in [5.74, 6) is 1.07. The van der Waals surface area contributed by atoms with Gasteiger partial charge in [-0.25, -0.2) is 0 Å². The third kappa shape index (κ3) is 5.68. The molecular formula is C20H24ClNO3. The second kappa shape index (κ2) is 9.94. The van der Waals surface area contributed by atoms with Gasteiger partial charge < -0.3 is 14.8 Å². The highest BCUT2D eigenvalue weighted by atomic mass is 35.5. The van der Waals surface area contributed by atoms with Crippen molar-refractivity contribution in [3.8, 4) is 11.5 Å². The molecule has 0 saturated heterocycles. The van der Waals surface area contributed by atoms with Gasteiger partial charge in [0.15, 0.2) is 17.6 Å². The molecule has 0 spiro atoms. The van der Waals surface area contributed by atoms with Gasteiger partial charge in [0, 0.05) is 11.6 Å². The molecule has 2 aromatic carbocycles. The molecular weight excluding hydrogens is 338 g/mol. The molecule has 4 nitrogen and oxygen atoms in total. The molecule has 1 atom stereocenters. The molecule has 0 aliphatic carbocycles. The first-order valence-corrected chi connectivity index (χ1v) is 8.84. The van der Waals surface area contributed by atoms with Gasteiger partial charge in [0.2, 0.25) is 0 Å². The third-order valence-electron chi connectivity index (χ3n) is 3.88. The number of aryl methyl sites for hydroxylation is 1. The van der Waals surface area contributed by atoms with Crippen molar-refractivity contribution in [2.24, 2.45) is 0 Å². The Balaban J connectivity index is 1.82. The number of para-hydroxylation sites is 2. The van der Waals surface area contributed by atoms with Crippen LogP contribution in [0, 0.1) is 0 Å². The van der Waals surface area contributed by atoms with Crippen LogP contribution in [0.15, 0.2) is 48.5 Å². The first-order valence-electron chi connectivity index (χ1n) is 8.46. The molecule has 0 radical (unpaired) electrons. The number of ether oxygens (including phenoxy) is 2. The molecule has 0 heterocycles. The Morgan fingerprint density at radius 2 is 1.80 bits per heavy atom. The van der Waals surface area contributed by atoms with Gasteiger partial charge >= 0.3 is 0 Å². The van der Waals surface area contributed by atoms with Crippen molar-refractivity contribution < 1.29 is 14.3 Å². The van der Waals surface area contributed by atoms with E-state index in [1.165, 1.54) is 0 Å². The van der Waals surface area contributed by atoms with Crippen molar-refractivity contribution in [3.63, 3.8) is 0 Å². The van der Waals surface area contributed by atoms with Crippen LogP contribution in [0.5, 0.6) is 11.5 Å². The highest BCUT2D eigenvalue weighted by molar-refractivity contribution is 6.31. The molecule has 0 saturated carbocycles. The second-order valence-corrected chi connectivity index (χ2v) is 6.06. The topological polar surface area (TPSA) is 47.6 Å². The fourth-order valence-electron chi connectivity index (χ4n) is 2.50. The monoisotopic (exact) mass is 361 g/mol. The minimum Gasteiger partial charge on any atom is -0.493 e. The Morgan fingerprint density at radius 1 is 1.12 bits per heavy atom. The molecule has 0 unspecified atom stereocenters. The lowest BCUT2D eigenvalue weighted by Gasteiger charge is -2.18. The van der Waals surface area contributed by atoms with Gasteiger partial charge in [0.05, 0.1) is 7.11 Å². The highest BCUT2D eigenvalue weighted by Gasteiger charge is 2.19. The van der Waals surface area contributed by atoms with E-state index < -0.39 is 6.10 Å². The fraction of sp³-hybridized carbons (Fsp3) is 0.350. The first-order chi connectivity index (χ1) is 12.2. The van der Waals surface area contributed by atoms with Gasteiger partial charge in [0.25, 0.3) is 5.91 Å². The molecule has 1 N–H and O–H groups in total. The van der Waals surface area contributed by atoms with E-state index in [2.05, 4.69) is 5.32 Å². The third-order valence-corrected chi connectivity index (χ3v) is 4.25. The van der Waals surface area contributed by atoms with Crippen LogP contribution in [-0.4, -0.2) is 25.7 Å². The Bertz CT molecular complexity index is 690. The highest BCUT2D eigenvalue weighted by Crippen LogP contribution is 2.27. The number of amides is 1. The summed E-state index contributed by atoms with van der Waals surface area (Å²) >= 11 is 6.14. The van der Waals surface area contributed by atoms with Crippen LogP contribution >= 0.6 is 11.6 Å². The average molecular weight is 362 g/mol. The maximum absolute atomic E-state index is 12.4. The molecule has 2 aromatic rings. The van der Waals surface area contributed by atoms with Crippen molar-refractivity contribution in [2.75, 3.05) is 13.7 Å². The van der Waals surface area contributed by atoms with Crippen LogP contribution in [-0.2, 0) is 11.2 Å². The summed E-state index contributed by atoms with van der Waals surface area (Å²) < 4.78 is 11.1. The molecule has 0 aliphatic rings. The number of rotatable bonds is 9. The van der Waals surface area contributed by atoms with E-state index in [0.29, 0.717) is 24.5 Å². The van der Waals surface area contributed by atoms with Crippen molar-refractivity contribution in [1.82, 2.24) is 5.32 Å². The summed E-state index contributed by atoms with van der Waals surface area (Å²) in [7, 11) is 1.58. The summed E-state index contributed by atoms with van der Waals surface area (Å²) in [6.07, 6.45) is 1.68. The summed E-state index contributed by atoms with van der Waals surface area (Å²) in [5.41, 5.74) is 1.09. The van der Waals surface area contributed by atoms with E-state index in [1.807, 2.05) is 49.4 Å². The molecule has 1 amide bonds. The number of halogens is 1. The summed E-state index contributed by atoms with van der Waals surface area (Å²) in [4.78, 5) is 12.4. The molecule has 0 bridgehead atoms. The van der Waals surface area contributed by atoms with Gasteiger partial charge in [-0.1, -0.05) is 48.9 Å². The Morgan fingerprint density at radius 3 is 2.48 bits per heavy atom. The number of nitrogens with one attached hydrogen (secondary N) is 1. The van der Waals surface area contributed by atoms with E-state index in [4.69, 9.17) is 21.1 Å². The lowest BCUT2D eigenvalue weighted by molar-refractivity contribution is -0.128. The minimum atomic E-state index is -0.545. The van der Waals surface area contributed by atoms with E-state index >= 15 is 0 Å². The van der Waals surface area contributed by atoms with Crippen molar-refractivity contribution in [1.29, 1.82) is 0 Å².